The summed E-state index contributed by atoms with van der Waals surface area (Å²) in [5, 5.41) is 17.0. The molecule has 1 saturated heterocycles. The summed E-state index contributed by atoms with van der Waals surface area (Å²) in [6.45, 7) is 4.30. The van der Waals surface area contributed by atoms with Gasteiger partial charge in [0.1, 0.15) is 0 Å². The van der Waals surface area contributed by atoms with Gasteiger partial charge < -0.3 is 10.6 Å². The Kier molecular flexibility index (Phi) is 4.90. The molecular formula is C15H21N3O3. The molecule has 1 amide bonds. The van der Waals surface area contributed by atoms with Crippen LogP contribution < -0.4 is 10.6 Å². The van der Waals surface area contributed by atoms with Crippen molar-refractivity contribution in [2.45, 2.75) is 45.6 Å². The standard InChI is InChI=1S/C15H21N3O3/c1-10-9-14(18(20)21)11(2)8-13(10)17-15(19)12-6-4-3-5-7-16-12/h8-9,12,16H,3-7H2,1-2H3,(H,17,19). The Balaban J connectivity index is 2.13. The van der Waals surface area contributed by atoms with E-state index in [0.29, 0.717) is 16.8 Å². The fourth-order valence-corrected chi connectivity index (χ4v) is 2.60. The highest BCUT2D eigenvalue weighted by Gasteiger charge is 2.21. The summed E-state index contributed by atoms with van der Waals surface area (Å²) in [5.41, 5.74) is 1.98. The molecule has 1 aliphatic heterocycles. The first kappa shape index (κ1) is 15.4. The van der Waals surface area contributed by atoms with E-state index in [9.17, 15) is 14.9 Å². The van der Waals surface area contributed by atoms with Crippen molar-refractivity contribution < 1.29 is 9.72 Å². The van der Waals surface area contributed by atoms with Gasteiger partial charge in [-0.05, 0) is 44.9 Å². The van der Waals surface area contributed by atoms with Crippen molar-refractivity contribution >= 4 is 17.3 Å². The van der Waals surface area contributed by atoms with E-state index in [4.69, 9.17) is 0 Å². The zero-order chi connectivity index (χ0) is 15.4. The normalized spacial score (nSPS) is 18.9. The summed E-state index contributed by atoms with van der Waals surface area (Å²) in [7, 11) is 0. The second kappa shape index (κ2) is 6.67. The van der Waals surface area contributed by atoms with Gasteiger partial charge in [-0.2, -0.15) is 0 Å². The van der Waals surface area contributed by atoms with Crippen molar-refractivity contribution in [1.29, 1.82) is 0 Å². The van der Waals surface area contributed by atoms with Crippen LogP contribution in [0.2, 0.25) is 0 Å². The van der Waals surface area contributed by atoms with Crippen LogP contribution in [0.15, 0.2) is 12.1 Å². The van der Waals surface area contributed by atoms with Gasteiger partial charge in [0.2, 0.25) is 5.91 Å². The van der Waals surface area contributed by atoms with Gasteiger partial charge in [-0.3, -0.25) is 14.9 Å². The topological polar surface area (TPSA) is 84.3 Å². The van der Waals surface area contributed by atoms with Crippen molar-refractivity contribution in [3.63, 3.8) is 0 Å². The molecule has 2 N–H and O–H groups in total. The average Bonchev–Trinajstić information content (AvgIpc) is 2.71. The van der Waals surface area contributed by atoms with E-state index in [0.717, 1.165) is 32.2 Å². The lowest BCUT2D eigenvalue weighted by Crippen LogP contribution is -2.40. The van der Waals surface area contributed by atoms with E-state index in [1.807, 2.05) is 0 Å². The second-order valence-electron chi connectivity index (χ2n) is 5.56. The largest absolute Gasteiger partial charge is 0.324 e. The Hall–Kier alpha value is -1.95. The fourth-order valence-electron chi connectivity index (χ4n) is 2.60. The van der Waals surface area contributed by atoms with Crippen LogP contribution in [-0.4, -0.2) is 23.4 Å². The molecule has 6 nitrogen and oxygen atoms in total. The number of nitro groups is 1. The molecular weight excluding hydrogens is 270 g/mol. The average molecular weight is 291 g/mol. The van der Waals surface area contributed by atoms with E-state index in [1.54, 1.807) is 19.9 Å². The molecule has 0 saturated carbocycles. The quantitative estimate of drug-likeness (QED) is 0.662. The van der Waals surface area contributed by atoms with Gasteiger partial charge in [0.05, 0.1) is 11.0 Å². The van der Waals surface area contributed by atoms with E-state index >= 15 is 0 Å². The maximum atomic E-state index is 12.3. The SMILES string of the molecule is Cc1cc([N+](=O)[O-])c(C)cc1NC(=O)C1CCCCCN1. The molecule has 21 heavy (non-hydrogen) atoms. The number of aryl methyl sites for hydroxylation is 2. The number of rotatable bonds is 3. The summed E-state index contributed by atoms with van der Waals surface area (Å²) in [5.74, 6) is -0.0618. The van der Waals surface area contributed by atoms with Crippen molar-refractivity contribution in [1.82, 2.24) is 5.32 Å². The van der Waals surface area contributed by atoms with Crippen LogP contribution in [-0.2, 0) is 4.79 Å². The monoisotopic (exact) mass is 291 g/mol. The van der Waals surface area contributed by atoms with Crippen LogP contribution in [0.1, 0.15) is 36.8 Å². The Bertz CT molecular complexity index is 549. The molecule has 1 aliphatic rings. The minimum absolute atomic E-state index is 0.0618. The van der Waals surface area contributed by atoms with Gasteiger partial charge in [0.25, 0.3) is 5.69 Å². The Morgan fingerprint density at radius 1 is 1.29 bits per heavy atom. The van der Waals surface area contributed by atoms with E-state index in [1.165, 1.54) is 6.07 Å². The third-order valence-electron chi connectivity index (χ3n) is 3.87. The van der Waals surface area contributed by atoms with Crippen LogP contribution in [0.25, 0.3) is 0 Å². The minimum atomic E-state index is -0.402. The Morgan fingerprint density at radius 3 is 2.76 bits per heavy atom. The minimum Gasteiger partial charge on any atom is -0.324 e. The lowest BCUT2D eigenvalue weighted by molar-refractivity contribution is -0.385. The van der Waals surface area contributed by atoms with Crippen LogP contribution in [0.5, 0.6) is 0 Å². The van der Waals surface area contributed by atoms with E-state index in [-0.39, 0.29) is 17.6 Å². The van der Waals surface area contributed by atoms with E-state index in [2.05, 4.69) is 10.6 Å². The van der Waals surface area contributed by atoms with Crippen molar-refractivity contribution in [2.75, 3.05) is 11.9 Å². The molecule has 0 spiro atoms. The molecule has 0 aromatic heterocycles. The molecule has 0 aliphatic carbocycles. The molecule has 1 atom stereocenters. The lowest BCUT2D eigenvalue weighted by atomic mass is 10.1. The number of anilines is 1. The van der Waals surface area contributed by atoms with Crippen molar-refractivity contribution in [2.24, 2.45) is 0 Å². The number of carbonyl (C=O) groups is 1. The molecule has 1 aromatic carbocycles. The predicted octanol–water partition coefficient (Wildman–Crippen LogP) is 2.68. The number of hydrogen-bond donors (Lipinski definition) is 2. The molecule has 6 heteroatoms. The van der Waals surface area contributed by atoms with Crippen LogP contribution in [0.3, 0.4) is 0 Å². The molecule has 0 bridgehead atoms. The fraction of sp³-hybridized carbons (Fsp3) is 0.533. The van der Waals surface area contributed by atoms with E-state index < -0.39 is 4.92 Å². The van der Waals surface area contributed by atoms with Gasteiger partial charge in [-0.15, -0.1) is 0 Å². The molecule has 1 heterocycles. The second-order valence-corrected chi connectivity index (χ2v) is 5.56. The first-order valence-corrected chi connectivity index (χ1v) is 7.29. The summed E-state index contributed by atoms with van der Waals surface area (Å²) in [6, 6.07) is 3.00. The number of amides is 1. The van der Waals surface area contributed by atoms with Crippen molar-refractivity contribution in [3.05, 3.63) is 33.4 Å². The molecule has 2 rings (SSSR count). The molecule has 0 radical (unpaired) electrons. The highest BCUT2D eigenvalue weighted by atomic mass is 16.6. The summed E-state index contributed by atoms with van der Waals surface area (Å²) >= 11 is 0. The Morgan fingerprint density at radius 2 is 2.05 bits per heavy atom. The number of nitrogens with one attached hydrogen (secondary N) is 2. The first-order valence-electron chi connectivity index (χ1n) is 7.29. The zero-order valence-corrected chi connectivity index (χ0v) is 12.4. The summed E-state index contributed by atoms with van der Waals surface area (Å²) in [4.78, 5) is 22.8. The maximum absolute atomic E-state index is 12.3. The van der Waals surface area contributed by atoms with Crippen LogP contribution >= 0.6 is 0 Å². The molecule has 1 fully saturated rings. The number of nitro benzene ring substituents is 1. The third-order valence-corrected chi connectivity index (χ3v) is 3.87. The highest BCUT2D eigenvalue weighted by molar-refractivity contribution is 5.95. The molecule has 114 valence electrons. The highest BCUT2D eigenvalue weighted by Crippen LogP contribution is 2.26. The smallest absolute Gasteiger partial charge is 0.272 e. The van der Waals surface area contributed by atoms with Gasteiger partial charge in [0.15, 0.2) is 0 Å². The maximum Gasteiger partial charge on any atom is 0.272 e. The first-order chi connectivity index (χ1) is 9.99. The summed E-state index contributed by atoms with van der Waals surface area (Å²) < 4.78 is 0. The van der Waals surface area contributed by atoms with Gasteiger partial charge in [-0.25, -0.2) is 0 Å². The van der Waals surface area contributed by atoms with Gasteiger partial charge in [0, 0.05) is 17.3 Å². The van der Waals surface area contributed by atoms with Crippen molar-refractivity contribution in [3.8, 4) is 0 Å². The number of carbonyl (C=O) groups excluding carboxylic acids is 1. The lowest BCUT2D eigenvalue weighted by Gasteiger charge is -2.17. The van der Waals surface area contributed by atoms with Gasteiger partial charge >= 0.3 is 0 Å². The number of hydrogen-bond acceptors (Lipinski definition) is 4. The van der Waals surface area contributed by atoms with Crippen LogP contribution in [0.4, 0.5) is 11.4 Å². The van der Waals surface area contributed by atoms with Gasteiger partial charge in [-0.1, -0.05) is 12.8 Å². The predicted molar refractivity (Wildman–Crippen MR) is 81.5 cm³/mol. The molecule has 1 unspecified atom stereocenters. The number of nitrogens with zero attached hydrogens (tertiary/aromatic N) is 1. The number of benzene rings is 1. The third kappa shape index (κ3) is 3.78. The molecule has 1 aromatic rings. The van der Waals surface area contributed by atoms with Crippen LogP contribution in [0, 0.1) is 24.0 Å². The summed E-state index contributed by atoms with van der Waals surface area (Å²) in [6.07, 6.45) is 4.12. The zero-order valence-electron chi connectivity index (χ0n) is 12.4. The Labute approximate surface area is 124 Å².